The van der Waals surface area contributed by atoms with E-state index >= 15 is 0 Å². The molecule has 7 heteroatoms. The highest BCUT2D eigenvalue weighted by molar-refractivity contribution is 6.01. The lowest BCUT2D eigenvalue weighted by molar-refractivity contribution is -0.158. The van der Waals surface area contributed by atoms with Crippen molar-refractivity contribution in [2.45, 2.75) is 46.3 Å². The Bertz CT molecular complexity index is 693. The van der Waals surface area contributed by atoms with Crippen molar-refractivity contribution in [2.75, 3.05) is 18.1 Å². The van der Waals surface area contributed by atoms with E-state index in [4.69, 9.17) is 9.47 Å². The van der Waals surface area contributed by atoms with Crippen molar-refractivity contribution in [3.8, 4) is 5.75 Å². The summed E-state index contributed by atoms with van der Waals surface area (Å²) in [5, 5.41) is 2.82. The third kappa shape index (κ3) is 4.97. The van der Waals surface area contributed by atoms with Gasteiger partial charge < -0.3 is 14.8 Å². The van der Waals surface area contributed by atoms with Gasteiger partial charge in [-0.05, 0) is 38.8 Å². The molecule has 0 aromatic heterocycles. The Morgan fingerprint density at radius 3 is 2.54 bits per heavy atom. The van der Waals surface area contributed by atoms with Crippen molar-refractivity contribution in [1.29, 1.82) is 0 Å². The minimum atomic E-state index is -0.923. The molecule has 0 spiro atoms. The predicted molar refractivity (Wildman–Crippen MR) is 96.9 cm³/mol. The molecule has 0 bridgehead atoms. The first kappa shape index (κ1) is 19.8. The SMILES string of the molecule is CC(C)[C@@H](OC(=O)CN1C(=O)COc2ccccc21)C(=O)NC(C)(C)C. The summed E-state index contributed by atoms with van der Waals surface area (Å²) in [5.41, 5.74) is 0.0800. The molecule has 0 unspecified atom stereocenters. The average molecular weight is 362 g/mol. The standard InChI is InChI=1S/C19H26N2O5/c1-12(2)17(18(24)20-19(3,4)5)26-16(23)10-21-13-8-6-7-9-14(13)25-11-15(21)22/h6-9,12,17H,10-11H2,1-5H3,(H,20,24)/t17-/m1/s1. The molecular weight excluding hydrogens is 336 g/mol. The third-order valence-electron chi connectivity index (χ3n) is 3.72. The van der Waals surface area contributed by atoms with Gasteiger partial charge in [0.2, 0.25) is 0 Å². The number of rotatable bonds is 5. The Labute approximate surface area is 153 Å². The molecule has 142 valence electrons. The van der Waals surface area contributed by atoms with Gasteiger partial charge in [-0.25, -0.2) is 0 Å². The highest BCUT2D eigenvalue weighted by Crippen LogP contribution is 2.31. The molecular formula is C19H26N2O5. The number of hydrogen-bond acceptors (Lipinski definition) is 5. The third-order valence-corrected chi connectivity index (χ3v) is 3.72. The Balaban J connectivity index is 2.09. The van der Waals surface area contributed by atoms with E-state index < -0.39 is 17.6 Å². The van der Waals surface area contributed by atoms with Crippen LogP contribution in [-0.4, -0.2) is 42.6 Å². The second kappa shape index (κ2) is 7.76. The van der Waals surface area contributed by atoms with E-state index in [1.165, 1.54) is 4.90 Å². The maximum atomic E-state index is 12.4. The highest BCUT2D eigenvalue weighted by atomic mass is 16.5. The Morgan fingerprint density at radius 2 is 1.92 bits per heavy atom. The first-order valence-corrected chi connectivity index (χ1v) is 8.62. The van der Waals surface area contributed by atoms with E-state index in [1.807, 2.05) is 20.8 Å². The fourth-order valence-corrected chi connectivity index (χ4v) is 2.57. The first-order chi connectivity index (χ1) is 12.1. The van der Waals surface area contributed by atoms with E-state index in [2.05, 4.69) is 5.32 Å². The van der Waals surface area contributed by atoms with Crippen LogP contribution >= 0.6 is 0 Å². The molecule has 0 fully saturated rings. The molecule has 26 heavy (non-hydrogen) atoms. The summed E-state index contributed by atoms with van der Waals surface area (Å²) in [4.78, 5) is 38.3. The summed E-state index contributed by atoms with van der Waals surface area (Å²) in [5.74, 6) is -0.993. The molecule has 0 aliphatic carbocycles. The molecule has 1 heterocycles. The minimum absolute atomic E-state index is 0.136. The number of fused-ring (bicyclic) bond motifs is 1. The predicted octanol–water partition coefficient (Wildman–Crippen LogP) is 1.89. The number of ether oxygens (including phenoxy) is 2. The molecule has 2 amide bonds. The number of hydrogen-bond donors (Lipinski definition) is 1. The lowest BCUT2D eigenvalue weighted by Gasteiger charge is -2.30. The average Bonchev–Trinajstić information content (AvgIpc) is 2.53. The van der Waals surface area contributed by atoms with Crippen LogP contribution in [0.2, 0.25) is 0 Å². The van der Waals surface area contributed by atoms with Crippen LogP contribution in [0.15, 0.2) is 24.3 Å². The summed E-state index contributed by atoms with van der Waals surface area (Å²) in [7, 11) is 0. The quantitative estimate of drug-likeness (QED) is 0.809. The lowest BCUT2D eigenvalue weighted by Crippen LogP contribution is -2.50. The number of carbonyl (C=O) groups is 3. The Hall–Kier alpha value is -2.57. The first-order valence-electron chi connectivity index (χ1n) is 8.62. The van der Waals surface area contributed by atoms with Gasteiger partial charge in [-0.15, -0.1) is 0 Å². The fourth-order valence-electron chi connectivity index (χ4n) is 2.57. The molecule has 1 aromatic rings. The van der Waals surface area contributed by atoms with Gasteiger partial charge in [0, 0.05) is 5.54 Å². The van der Waals surface area contributed by atoms with E-state index in [1.54, 1.807) is 38.1 Å². The Kier molecular flexibility index (Phi) is 5.90. The molecule has 7 nitrogen and oxygen atoms in total. The highest BCUT2D eigenvalue weighted by Gasteiger charge is 2.32. The van der Waals surface area contributed by atoms with E-state index in [0.717, 1.165) is 0 Å². The van der Waals surface area contributed by atoms with Crippen LogP contribution in [0.25, 0.3) is 0 Å². The van der Waals surface area contributed by atoms with Crippen molar-refractivity contribution in [3.05, 3.63) is 24.3 Å². The second-order valence-corrected chi connectivity index (χ2v) is 7.63. The number of carbonyl (C=O) groups excluding carboxylic acids is 3. The van der Waals surface area contributed by atoms with Gasteiger partial charge in [-0.2, -0.15) is 0 Å². The van der Waals surface area contributed by atoms with Gasteiger partial charge in [0.05, 0.1) is 5.69 Å². The van der Waals surface area contributed by atoms with Crippen LogP contribution < -0.4 is 15.0 Å². The van der Waals surface area contributed by atoms with Gasteiger partial charge in [-0.3, -0.25) is 19.3 Å². The maximum absolute atomic E-state index is 12.4. The monoisotopic (exact) mass is 362 g/mol. The number of nitrogens with zero attached hydrogens (tertiary/aromatic N) is 1. The van der Waals surface area contributed by atoms with Gasteiger partial charge in [0.15, 0.2) is 12.7 Å². The summed E-state index contributed by atoms with van der Waals surface area (Å²) >= 11 is 0. The van der Waals surface area contributed by atoms with Crippen LogP contribution in [0.3, 0.4) is 0 Å². The lowest BCUT2D eigenvalue weighted by atomic mass is 10.0. The second-order valence-electron chi connectivity index (χ2n) is 7.63. The number of para-hydroxylation sites is 2. The molecule has 1 aromatic carbocycles. The summed E-state index contributed by atoms with van der Waals surface area (Å²) in [6.45, 7) is 8.76. The minimum Gasteiger partial charge on any atom is -0.482 e. The van der Waals surface area contributed by atoms with E-state index in [-0.39, 0.29) is 30.9 Å². The normalized spacial score (nSPS) is 15.2. The molecule has 2 rings (SSSR count). The van der Waals surface area contributed by atoms with E-state index in [9.17, 15) is 14.4 Å². The molecule has 0 radical (unpaired) electrons. The number of benzene rings is 1. The zero-order valence-corrected chi connectivity index (χ0v) is 15.9. The van der Waals surface area contributed by atoms with E-state index in [0.29, 0.717) is 11.4 Å². The van der Waals surface area contributed by atoms with Crippen molar-refractivity contribution in [1.82, 2.24) is 5.32 Å². The van der Waals surface area contributed by atoms with Crippen LogP contribution in [-0.2, 0) is 19.1 Å². The van der Waals surface area contributed by atoms with Crippen molar-refractivity contribution in [3.63, 3.8) is 0 Å². The van der Waals surface area contributed by atoms with Gasteiger partial charge >= 0.3 is 5.97 Å². The van der Waals surface area contributed by atoms with Crippen LogP contribution in [0.1, 0.15) is 34.6 Å². The number of esters is 1. The largest absolute Gasteiger partial charge is 0.482 e. The fraction of sp³-hybridized carbons (Fsp3) is 0.526. The smallest absolute Gasteiger partial charge is 0.326 e. The van der Waals surface area contributed by atoms with Crippen LogP contribution in [0.4, 0.5) is 5.69 Å². The van der Waals surface area contributed by atoms with Gasteiger partial charge in [-0.1, -0.05) is 26.0 Å². The molecule has 1 atom stereocenters. The molecule has 1 N–H and O–H groups in total. The number of anilines is 1. The van der Waals surface area contributed by atoms with Crippen molar-refractivity contribution in [2.24, 2.45) is 5.92 Å². The van der Waals surface area contributed by atoms with Gasteiger partial charge in [0.25, 0.3) is 11.8 Å². The molecule has 1 aliphatic heterocycles. The van der Waals surface area contributed by atoms with Gasteiger partial charge in [0.1, 0.15) is 12.3 Å². The van der Waals surface area contributed by atoms with Crippen LogP contribution in [0.5, 0.6) is 5.75 Å². The summed E-state index contributed by atoms with van der Waals surface area (Å²) in [6.07, 6.45) is -0.923. The molecule has 0 saturated carbocycles. The molecule has 1 aliphatic rings. The number of amides is 2. The zero-order chi connectivity index (χ0) is 19.5. The zero-order valence-electron chi connectivity index (χ0n) is 15.9. The Morgan fingerprint density at radius 1 is 1.27 bits per heavy atom. The summed E-state index contributed by atoms with van der Waals surface area (Å²) in [6, 6.07) is 6.98. The summed E-state index contributed by atoms with van der Waals surface area (Å²) < 4.78 is 10.8. The molecule has 0 saturated heterocycles. The van der Waals surface area contributed by atoms with Crippen LogP contribution in [0, 0.1) is 5.92 Å². The van der Waals surface area contributed by atoms with Crippen molar-refractivity contribution >= 4 is 23.5 Å². The number of nitrogens with one attached hydrogen (secondary N) is 1. The van der Waals surface area contributed by atoms with Crippen molar-refractivity contribution < 1.29 is 23.9 Å². The maximum Gasteiger partial charge on any atom is 0.326 e. The topological polar surface area (TPSA) is 84.9 Å².